The predicted octanol–water partition coefficient (Wildman–Crippen LogP) is 3.95. The molecule has 0 radical (unpaired) electrons. The van der Waals surface area contributed by atoms with E-state index in [1.807, 2.05) is 30.3 Å². The largest absolute Gasteiger partial charge is 0.488 e. The highest BCUT2D eigenvalue weighted by Gasteiger charge is 2.25. The summed E-state index contributed by atoms with van der Waals surface area (Å²) in [4.78, 5) is 29.7. The van der Waals surface area contributed by atoms with Gasteiger partial charge in [0.25, 0.3) is 0 Å². The maximum Gasteiger partial charge on any atom is 0.335 e. The van der Waals surface area contributed by atoms with Gasteiger partial charge in [0.2, 0.25) is 0 Å². The molecule has 0 saturated heterocycles. The molecule has 0 spiro atoms. The summed E-state index contributed by atoms with van der Waals surface area (Å²) in [6.07, 6.45) is 1.57. The van der Waals surface area contributed by atoms with Crippen molar-refractivity contribution in [3.05, 3.63) is 72.4 Å². The molecule has 0 bridgehead atoms. The van der Waals surface area contributed by atoms with E-state index in [-0.39, 0.29) is 11.6 Å². The smallest absolute Gasteiger partial charge is 0.335 e. The van der Waals surface area contributed by atoms with Crippen molar-refractivity contribution in [3.63, 3.8) is 0 Å². The van der Waals surface area contributed by atoms with Gasteiger partial charge >= 0.3 is 12.0 Å². The predicted molar refractivity (Wildman–Crippen MR) is 109 cm³/mol. The average molecular weight is 390 g/mol. The number of para-hydroxylation sites is 1. The van der Waals surface area contributed by atoms with Gasteiger partial charge in [0.1, 0.15) is 6.61 Å². The summed E-state index contributed by atoms with van der Waals surface area (Å²) < 4.78 is 5.68. The van der Waals surface area contributed by atoms with Crippen LogP contribution in [0, 0.1) is 0 Å². The molecular weight excluding hydrogens is 372 g/mol. The molecule has 1 aliphatic rings. The lowest BCUT2D eigenvalue weighted by Crippen LogP contribution is -2.41. The molecule has 0 aliphatic carbocycles. The van der Waals surface area contributed by atoms with E-state index in [0.29, 0.717) is 41.8 Å². The number of nitrogens with zero attached hydrogens (tertiary/aromatic N) is 2. The minimum atomic E-state index is -0.999. The monoisotopic (exact) mass is 390 g/mol. The van der Waals surface area contributed by atoms with Crippen LogP contribution in [0.1, 0.15) is 10.4 Å². The van der Waals surface area contributed by atoms with Gasteiger partial charge in [0, 0.05) is 17.4 Å². The van der Waals surface area contributed by atoms with Crippen molar-refractivity contribution in [2.24, 2.45) is 0 Å². The zero-order valence-electron chi connectivity index (χ0n) is 15.3. The minimum absolute atomic E-state index is 0.181. The maximum atomic E-state index is 12.7. The van der Waals surface area contributed by atoms with Crippen LogP contribution in [-0.2, 0) is 0 Å². The number of carboxylic acids is 1. The van der Waals surface area contributed by atoms with Crippen molar-refractivity contribution in [3.8, 4) is 5.75 Å². The normalized spacial score (nSPS) is 12.5. The van der Waals surface area contributed by atoms with E-state index in [9.17, 15) is 9.59 Å². The van der Waals surface area contributed by atoms with Crippen LogP contribution >= 0.6 is 0 Å². The first-order valence-corrected chi connectivity index (χ1v) is 8.97. The van der Waals surface area contributed by atoms with Crippen molar-refractivity contribution in [1.29, 1.82) is 0 Å². The number of ether oxygens (including phenoxy) is 1. The highest BCUT2D eigenvalue weighted by Crippen LogP contribution is 2.33. The van der Waals surface area contributed by atoms with E-state index in [1.165, 1.54) is 17.0 Å². The number of hydrogen-bond acceptors (Lipinski definition) is 5. The lowest BCUT2D eigenvalue weighted by Gasteiger charge is -2.28. The first kappa shape index (κ1) is 18.3. The van der Waals surface area contributed by atoms with Gasteiger partial charge < -0.3 is 20.5 Å². The molecule has 0 atom stereocenters. The van der Waals surface area contributed by atoms with Crippen LogP contribution in [0.3, 0.4) is 0 Å². The second kappa shape index (κ2) is 7.89. The van der Waals surface area contributed by atoms with Gasteiger partial charge in [-0.3, -0.25) is 4.90 Å². The highest BCUT2D eigenvalue weighted by molar-refractivity contribution is 6.02. The summed E-state index contributed by atoms with van der Waals surface area (Å²) in [5, 5.41) is 15.1. The lowest BCUT2D eigenvalue weighted by molar-refractivity contribution is 0.0697. The number of carboxylic acid groups (broad SMARTS) is 1. The van der Waals surface area contributed by atoms with E-state index in [2.05, 4.69) is 15.6 Å². The zero-order chi connectivity index (χ0) is 20.2. The standard InChI is InChI=1S/C21H18N4O4/c26-20(27)14-5-4-8-16(11-14)23-17-12-18-19(22-13-17)25(9-10-29-18)21(28)24-15-6-2-1-3-7-15/h1-8,11-13,23H,9-10H2,(H,24,28)(H,26,27). The number of aromatic carboxylic acids is 1. The van der Waals surface area contributed by atoms with Crippen LogP contribution in [0.5, 0.6) is 5.75 Å². The lowest BCUT2D eigenvalue weighted by atomic mass is 10.2. The number of amides is 2. The Labute approximate surface area is 166 Å². The molecule has 8 nitrogen and oxygen atoms in total. The van der Waals surface area contributed by atoms with Gasteiger partial charge in [0.15, 0.2) is 11.6 Å². The molecule has 0 unspecified atom stereocenters. The number of rotatable bonds is 4. The fourth-order valence-corrected chi connectivity index (χ4v) is 2.97. The summed E-state index contributed by atoms with van der Waals surface area (Å²) >= 11 is 0. The van der Waals surface area contributed by atoms with Gasteiger partial charge in [-0.15, -0.1) is 0 Å². The number of carbonyl (C=O) groups is 2. The van der Waals surface area contributed by atoms with Gasteiger partial charge in [0.05, 0.1) is 24.0 Å². The number of hydrogen-bond donors (Lipinski definition) is 3. The maximum absolute atomic E-state index is 12.7. The Kier molecular flexibility index (Phi) is 4.98. The highest BCUT2D eigenvalue weighted by atomic mass is 16.5. The topological polar surface area (TPSA) is 104 Å². The molecule has 8 heteroatoms. The first-order valence-electron chi connectivity index (χ1n) is 8.97. The Balaban J connectivity index is 1.53. The second-order valence-electron chi connectivity index (χ2n) is 6.35. The van der Waals surface area contributed by atoms with E-state index in [4.69, 9.17) is 9.84 Å². The van der Waals surface area contributed by atoms with E-state index in [0.717, 1.165) is 0 Å². The SMILES string of the molecule is O=C(O)c1cccc(Nc2cnc3c(c2)OCCN3C(=O)Nc2ccccc2)c1. The Morgan fingerprint density at radius 2 is 1.79 bits per heavy atom. The molecule has 3 N–H and O–H groups in total. The van der Waals surface area contributed by atoms with Gasteiger partial charge in [-0.25, -0.2) is 14.6 Å². The van der Waals surface area contributed by atoms with Crippen molar-refractivity contribution in [2.75, 3.05) is 28.7 Å². The number of aromatic nitrogens is 1. The van der Waals surface area contributed by atoms with Gasteiger partial charge in [-0.05, 0) is 30.3 Å². The summed E-state index contributed by atoms with van der Waals surface area (Å²) in [5.41, 5.74) is 2.11. The van der Waals surface area contributed by atoms with Crippen molar-refractivity contribution >= 4 is 34.9 Å². The number of anilines is 4. The molecule has 1 aliphatic heterocycles. The van der Waals surface area contributed by atoms with Gasteiger partial charge in [-0.2, -0.15) is 0 Å². The molecule has 2 heterocycles. The van der Waals surface area contributed by atoms with Crippen LogP contribution in [0.25, 0.3) is 0 Å². The molecule has 2 amide bonds. The van der Waals surface area contributed by atoms with Crippen LogP contribution in [0.2, 0.25) is 0 Å². The quantitative estimate of drug-likeness (QED) is 0.623. The van der Waals surface area contributed by atoms with Crippen LogP contribution < -0.4 is 20.3 Å². The van der Waals surface area contributed by atoms with Crippen LogP contribution in [-0.4, -0.2) is 35.2 Å². The summed E-state index contributed by atoms with van der Waals surface area (Å²) in [7, 11) is 0. The average Bonchev–Trinajstić information content (AvgIpc) is 2.74. The number of carbonyl (C=O) groups excluding carboxylic acids is 1. The van der Waals surface area contributed by atoms with Crippen molar-refractivity contribution in [2.45, 2.75) is 0 Å². The third-order valence-corrected chi connectivity index (χ3v) is 4.33. The Bertz CT molecular complexity index is 1060. The minimum Gasteiger partial charge on any atom is -0.488 e. The van der Waals surface area contributed by atoms with Crippen LogP contribution in [0.4, 0.5) is 27.7 Å². The Hall–Kier alpha value is -4.07. The van der Waals surface area contributed by atoms with E-state index < -0.39 is 5.97 Å². The number of pyridine rings is 1. The van der Waals surface area contributed by atoms with E-state index >= 15 is 0 Å². The Morgan fingerprint density at radius 3 is 2.59 bits per heavy atom. The van der Waals surface area contributed by atoms with E-state index in [1.54, 1.807) is 24.4 Å². The van der Waals surface area contributed by atoms with Gasteiger partial charge in [-0.1, -0.05) is 24.3 Å². The number of benzene rings is 2. The molecule has 1 aromatic heterocycles. The summed E-state index contributed by atoms with van der Waals surface area (Å²) in [6, 6.07) is 17.1. The third-order valence-electron chi connectivity index (χ3n) is 4.33. The summed E-state index contributed by atoms with van der Waals surface area (Å²) in [5.74, 6) is -0.103. The van der Waals surface area contributed by atoms with Crippen molar-refractivity contribution < 1.29 is 19.4 Å². The second-order valence-corrected chi connectivity index (χ2v) is 6.35. The molecular formula is C21H18N4O4. The number of urea groups is 1. The third kappa shape index (κ3) is 4.11. The number of fused-ring (bicyclic) bond motifs is 1. The fraction of sp³-hybridized carbons (Fsp3) is 0.0952. The summed E-state index contributed by atoms with van der Waals surface area (Å²) in [6.45, 7) is 0.723. The van der Waals surface area contributed by atoms with Crippen molar-refractivity contribution in [1.82, 2.24) is 4.98 Å². The molecule has 3 aromatic rings. The first-order chi connectivity index (χ1) is 14.1. The molecule has 4 rings (SSSR count). The fourth-order valence-electron chi connectivity index (χ4n) is 2.97. The van der Waals surface area contributed by atoms with Crippen LogP contribution in [0.15, 0.2) is 66.9 Å². The number of nitrogens with one attached hydrogen (secondary N) is 2. The zero-order valence-corrected chi connectivity index (χ0v) is 15.3. The molecule has 146 valence electrons. The molecule has 0 fully saturated rings. The molecule has 0 saturated carbocycles. The molecule has 29 heavy (non-hydrogen) atoms. The molecule has 2 aromatic carbocycles. The Morgan fingerprint density at radius 1 is 1.00 bits per heavy atom.